The fourth-order valence-electron chi connectivity index (χ4n) is 3.03. The van der Waals surface area contributed by atoms with Crippen molar-refractivity contribution < 1.29 is 22.7 Å². The number of alkyl halides is 3. The predicted octanol–water partition coefficient (Wildman–Crippen LogP) is 5.66. The van der Waals surface area contributed by atoms with Gasteiger partial charge in [-0.3, -0.25) is 4.79 Å². The number of halogens is 3. The first-order chi connectivity index (χ1) is 14.4. The molecule has 1 amide bonds. The molecule has 0 fully saturated rings. The van der Waals surface area contributed by atoms with E-state index in [0.29, 0.717) is 24.1 Å². The fourth-order valence-corrected chi connectivity index (χ4v) is 3.03. The lowest BCUT2D eigenvalue weighted by atomic mass is 10.1. The Labute approximate surface area is 173 Å². The average Bonchev–Trinajstić information content (AvgIpc) is 2.75. The van der Waals surface area contributed by atoms with Crippen LogP contribution in [0, 0.1) is 0 Å². The molecule has 3 nitrogen and oxygen atoms in total. The van der Waals surface area contributed by atoms with Crippen LogP contribution in [0.5, 0.6) is 0 Å². The van der Waals surface area contributed by atoms with Gasteiger partial charge in [-0.25, -0.2) is 0 Å². The van der Waals surface area contributed by atoms with Gasteiger partial charge in [-0.2, -0.15) is 13.2 Å². The molecule has 0 radical (unpaired) electrons. The van der Waals surface area contributed by atoms with Gasteiger partial charge in [-0.15, -0.1) is 0 Å². The summed E-state index contributed by atoms with van der Waals surface area (Å²) in [7, 11) is 0. The summed E-state index contributed by atoms with van der Waals surface area (Å²) in [6, 6.07) is 25.8. The minimum Gasteiger partial charge on any atom is -0.367 e. The highest BCUT2D eigenvalue weighted by molar-refractivity contribution is 6.06. The van der Waals surface area contributed by atoms with Gasteiger partial charge in [-0.1, -0.05) is 60.7 Å². The highest BCUT2D eigenvalue weighted by Gasteiger charge is 2.27. The van der Waals surface area contributed by atoms with Crippen LogP contribution in [-0.4, -0.2) is 25.2 Å². The van der Waals surface area contributed by atoms with Crippen molar-refractivity contribution in [3.63, 3.8) is 0 Å². The Bertz CT molecular complexity index is 926. The van der Waals surface area contributed by atoms with E-state index in [9.17, 15) is 18.0 Å². The molecule has 156 valence electrons. The first-order valence-electron chi connectivity index (χ1n) is 9.57. The Hall–Kier alpha value is -3.12. The molecular weight excluding hydrogens is 391 g/mol. The minimum absolute atomic E-state index is 0.162. The Morgan fingerprint density at radius 1 is 0.800 bits per heavy atom. The average molecular weight is 413 g/mol. The molecule has 0 aliphatic carbocycles. The van der Waals surface area contributed by atoms with Crippen LogP contribution in [0.4, 0.5) is 18.9 Å². The molecule has 3 aromatic rings. The summed E-state index contributed by atoms with van der Waals surface area (Å²) in [4.78, 5) is 14.9. The van der Waals surface area contributed by atoms with Crippen molar-refractivity contribution in [3.05, 3.63) is 102 Å². The van der Waals surface area contributed by atoms with Gasteiger partial charge in [0.2, 0.25) is 0 Å². The molecule has 0 N–H and O–H groups in total. The molecule has 3 rings (SSSR count). The highest BCUT2D eigenvalue weighted by Crippen LogP contribution is 2.19. The number of amides is 1. The van der Waals surface area contributed by atoms with E-state index in [2.05, 4.69) is 4.74 Å². The molecule has 30 heavy (non-hydrogen) atoms. The summed E-state index contributed by atoms with van der Waals surface area (Å²) in [5.74, 6) is -0.167. The summed E-state index contributed by atoms with van der Waals surface area (Å²) in [5.41, 5.74) is 2.96. The van der Waals surface area contributed by atoms with Crippen molar-refractivity contribution in [1.29, 1.82) is 0 Å². The van der Waals surface area contributed by atoms with Crippen LogP contribution < -0.4 is 4.90 Å². The van der Waals surface area contributed by atoms with Crippen molar-refractivity contribution in [3.8, 4) is 0 Å². The largest absolute Gasteiger partial charge is 0.411 e. The molecule has 0 atom stereocenters. The second-order valence-electron chi connectivity index (χ2n) is 6.83. The van der Waals surface area contributed by atoms with Crippen molar-refractivity contribution in [2.75, 3.05) is 18.1 Å². The zero-order valence-electron chi connectivity index (χ0n) is 16.3. The molecule has 0 heterocycles. The fraction of sp³-hybridized carbons (Fsp3) is 0.208. The molecule has 0 aliphatic rings. The molecule has 0 saturated heterocycles. The lowest BCUT2D eigenvalue weighted by Gasteiger charge is -2.23. The maximum Gasteiger partial charge on any atom is 0.411 e. The number of hydrogen-bond acceptors (Lipinski definition) is 2. The van der Waals surface area contributed by atoms with E-state index in [1.165, 1.54) is 0 Å². The molecule has 3 aromatic carbocycles. The van der Waals surface area contributed by atoms with Crippen molar-refractivity contribution in [2.45, 2.75) is 19.2 Å². The standard InChI is InChI=1S/C24H22F3NO2/c25-24(26,27)18-30-17-20-11-13-21(14-12-20)23(29)28(22-9-5-2-6-10-22)16-15-19-7-3-1-4-8-19/h1-14H,15-18H2. The number of anilines is 1. The smallest absolute Gasteiger partial charge is 0.367 e. The molecule has 6 heteroatoms. The summed E-state index contributed by atoms with van der Waals surface area (Å²) in [6.45, 7) is -0.956. The summed E-state index contributed by atoms with van der Waals surface area (Å²) >= 11 is 0. The third-order valence-corrected chi connectivity index (χ3v) is 4.52. The second kappa shape index (κ2) is 10.1. The van der Waals surface area contributed by atoms with Gasteiger partial charge in [0.05, 0.1) is 6.61 Å². The molecule has 0 aliphatic heterocycles. The van der Waals surface area contributed by atoms with E-state index in [0.717, 1.165) is 11.3 Å². The number of carbonyl (C=O) groups is 1. The van der Waals surface area contributed by atoms with E-state index in [-0.39, 0.29) is 12.5 Å². The maximum absolute atomic E-state index is 13.2. The molecule has 0 aromatic heterocycles. The number of nitrogens with zero attached hydrogens (tertiary/aromatic N) is 1. The van der Waals surface area contributed by atoms with Gasteiger partial charge in [0.25, 0.3) is 5.91 Å². The van der Waals surface area contributed by atoms with Crippen LogP contribution >= 0.6 is 0 Å². The van der Waals surface area contributed by atoms with E-state index in [1.54, 1.807) is 29.2 Å². The van der Waals surface area contributed by atoms with Crippen molar-refractivity contribution >= 4 is 11.6 Å². The molecule has 0 spiro atoms. The first-order valence-corrected chi connectivity index (χ1v) is 9.57. The molecular formula is C24H22F3NO2. The normalized spacial score (nSPS) is 11.3. The van der Waals surface area contributed by atoms with Crippen molar-refractivity contribution in [1.82, 2.24) is 0 Å². The Morgan fingerprint density at radius 3 is 2.00 bits per heavy atom. The van der Waals surface area contributed by atoms with Gasteiger partial charge in [0, 0.05) is 17.8 Å². The topological polar surface area (TPSA) is 29.5 Å². The number of carbonyl (C=O) groups excluding carboxylic acids is 1. The SMILES string of the molecule is O=C(c1ccc(COCC(F)(F)F)cc1)N(CCc1ccccc1)c1ccccc1. The number of ether oxygens (including phenoxy) is 1. The van der Waals surface area contributed by atoms with Crippen LogP contribution in [0.1, 0.15) is 21.5 Å². The maximum atomic E-state index is 13.2. The molecule has 0 unspecified atom stereocenters. The van der Waals surface area contributed by atoms with Crippen LogP contribution in [0.3, 0.4) is 0 Å². The minimum atomic E-state index is -4.36. The Kier molecular flexibility index (Phi) is 7.25. The van der Waals surface area contributed by atoms with Crippen LogP contribution in [-0.2, 0) is 17.8 Å². The lowest BCUT2D eigenvalue weighted by molar-refractivity contribution is -0.176. The summed E-state index contributed by atoms with van der Waals surface area (Å²) in [5, 5.41) is 0. The van der Waals surface area contributed by atoms with Crippen LogP contribution in [0.25, 0.3) is 0 Å². The zero-order chi connectivity index (χ0) is 21.4. The third kappa shape index (κ3) is 6.46. The van der Waals surface area contributed by atoms with E-state index in [1.807, 2.05) is 60.7 Å². The lowest BCUT2D eigenvalue weighted by Crippen LogP contribution is -2.33. The van der Waals surface area contributed by atoms with E-state index < -0.39 is 12.8 Å². The van der Waals surface area contributed by atoms with Crippen molar-refractivity contribution in [2.24, 2.45) is 0 Å². The second-order valence-corrected chi connectivity index (χ2v) is 6.83. The quantitative estimate of drug-likeness (QED) is 0.477. The number of rotatable bonds is 8. The van der Waals surface area contributed by atoms with Crippen LogP contribution in [0.15, 0.2) is 84.9 Å². The monoisotopic (exact) mass is 413 g/mol. The third-order valence-electron chi connectivity index (χ3n) is 4.52. The van der Waals surface area contributed by atoms with E-state index in [4.69, 9.17) is 0 Å². The zero-order valence-corrected chi connectivity index (χ0v) is 16.3. The Morgan fingerprint density at radius 2 is 1.40 bits per heavy atom. The van der Waals surface area contributed by atoms with Gasteiger partial charge in [0.1, 0.15) is 6.61 Å². The van der Waals surface area contributed by atoms with Crippen LogP contribution in [0.2, 0.25) is 0 Å². The van der Waals surface area contributed by atoms with Gasteiger partial charge >= 0.3 is 6.18 Å². The predicted molar refractivity (Wildman–Crippen MR) is 110 cm³/mol. The van der Waals surface area contributed by atoms with E-state index >= 15 is 0 Å². The van der Waals surface area contributed by atoms with Gasteiger partial charge in [-0.05, 0) is 41.8 Å². The number of hydrogen-bond donors (Lipinski definition) is 0. The Balaban J connectivity index is 1.70. The van der Waals surface area contributed by atoms with Gasteiger partial charge < -0.3 is 9.64 Å². The number of benzene rings is 3. The van der Waals surface area contributed by atoms with Gasteiger partial charge in [0.15, 0.2) is 0 Å². The first kappa shape index (κ1) is 21.6. The molecule has 0 saturated carbocycles. The molecule has 0 bridgehead atoms. The number of para-hydroxylation sites is 1. The highest BCUT2D eigenvalue weighted by atomic mass is 19.4. The summed E-state index contributed by atoms with van der Waals surface area (Å²) < 4.78 is 41.3. The summed E-state index contributed by atoms with van der Waals surface area (Å²) in [6.07, 6.45) is -3.66.